The van der Waals surface area contributed by atoms with E-state index >= 15 is 0 Å². The van der Waals surface area contributed by atoms with Crippen LogP contribution in [0.25, 0.3) is 0 Å². The highest BCUT2D eigenvalue weighted by molar-refractivity contribution is 5.91. The average Bonchev–Trinajstić information content (AvgIpc) is 3.10. The Labute approximate surface area is 144 Å². The lowest BCUT2D eigenvalue weighted by atomic mass is 10.3. The molecule has 0 aliphatic carbocycles. The molecule has 0 aliphatic rings. The topological polar surface area (TPSA) is 117 Å². The van der Waals surface area contributed by atoms with E-state index in [0.717, 1.165) is 0 Å². The van der Waals surface area contributed by atoms with Crippen LogP contribution in [0, 0.1) is 0 Å². The normalized spacial score (nSPS) is 10.2. The summed E-state index contributed by atoms with van der Waals surface area (Å²) in [5.74, 6) is -0.513. The summed E-state index contributed by atoms with van der Waals surface area (Å²) >= 11 is 0. The van der Waals surface area contributed by atoms with Crippen LogP contribution in [-0.2, 0) is 16.0 Å². The van der Waals surface area contributed by atoms with Crippen molar-refractivity contribution in [3.05, 3.63) is 30.2 Å². The number of imidazole rings is 1. The summed E-state index contributed by atoms with van der Waals surface area (Å²) in [6.07, 6.45) is 4.37. The maximum atomic E-state index is 11.7. The fraction of sp³-hybridized carbons (Fsp3) is 0.400. The van der Waals surface area contributed by atoms with Crippen molar-refractivity contribution in [2.75, 3.05) is 32.7 Å². The molecule has 2 heterocycles. The molecule has 2 aromatic heterocycles. The Bertz CT molecular complexity index is 746. The van der Waals surface area contributed by atoms with E-state index in [1.54, 1.807) is 17.7 Å². The maximum absolute atomic E-state index is 11.7. The van der Waals surface area contributed by atoms with Gasteiger partial charge in [-0.2, -0.15) is 0 Å². The lowest BCUT2D eigenvalue weighted by Gasteiger charge is -2.12. The Kier molecular flexibility index (Phi) is 6.26. The second-order valence-electron chi connectivity index (χ2n) is 4.74. The highest BCUT2D eigenvalue weighted by atomic mass is 16.5. The van der Waals surface area contributed by atoms with Crippen LogP contribution in [0.4, 0.5) is 5.82 Å². The summed E-state index contributed by atoms with van der Waals surface area (Å²) in [5, 5.41) is 3.05. The van der Waals surface area contributed by atoms with Crippen LogP contribution >= 0.6 is 0 Å². The smallest absolute Gasteiger partial charge is 0.360 e. The molecule has 134 valence electrons. The van der Waals surface area contributed by atoms with Crippen molar-refractivity contribution in [3.8, 4) is 5.75 Å². The number of aromatic nitrogens is 4. The van der Waals surface area contributed by atoms with Crippen LogP contribution in [0.15, 0.2) is 18.9 Å². The Morgan fingerprint density at radius 3 is 2.68 bits per heavy atom. The van der Waals surface area contributed by atoms with Crippen LogP contribution in [0.2, 0.25) is 0 Å². The second-order valence-corrected chi connectivity index (χ2v) is 4.74. The van der Waals surface area contributed by atoms with Gasteiger partial charge < -0.3 is 24.1 Å². The van der Waals surface area contributed by atoms with Crippen molar-refractivity contribution in [1.29, 1.82) is 0 Å². The van der Waals surface area contributed by atoms with Crippen molar-refractivity contribution >= 4 is 17.8 Å². The Hall–Kier alpha value is -3.17. The van der Waals surface area contributed by atoms with Gasteiger partial charge in [-0.3, -0.25) is 0 Å². The third kappa shape index (κ3) is 4.43. The Balaban J connectivity index is 2.00. The largest absolute Gasteiger partial charge is 0.491 e. The molecule has 0 bridgehead atoms. The van der Waals surface area contributed by atoms with Crippen molar-refractivity contribution in [2.24, 2.45) is 0 Å². The quantitative estimate of drug-likeness (QED) is 0.689. The van der Waals surface area contributed by atoms with E-state index in [9.17, 15) is 9.59 Å². The summed E-state index contributed by atoms with van der Waals surface area (Å²) in [7, 11) is 2.68. The lowest BCUT2D eigenvalue weighted by molar-refractivity contribution is 0.0519. The first-order chi connectivity index (χ1) is 12.1. The number of ether oxygens (including phenoxy) is 3. The number of anilines is 1. The second kappa shape index (κ2) is 8.62. The van der Waals surface area contributed by atoms with Crippen molar-refractivity contribution in [3.63, 3.8) is 0 Å². The minimum absolute atomic E-state index is 0.0368. The van der Waals surface area contributed by atoms with Gasteiger partial charge in [0.25, 0.3) is 0 Å². The zero-order valence-corrected chi connectivity index (χ0v) is 14.2. The van der Waals surface area contributed by atoms with E-state index < -0.39 is 11.9 Å². The maximum Gasteiger partial charge on any atom is 0.360 e. The number of nitrogens with zero attached hydrogens (tertiary/aromatic N) is 4. The molecule has 0 amide bonds. The first-order valence-corrected chi connectivity index (χ1v) is 7.50. The van der Waals surface area contributed by atoms with E-state index in [4.69, 9.17) is 9.47 Å². The minimum Gasteiger partial charge on any atom is -0.491 e. The number of carbonyl (C=O) groups excluding carboxylic acids is 2. The summed E-state index contributed by atoms with van der Waals surface area (Å²) in [4.78, 5) is 35.2. The van der Waals surface area contributed by atoms with E-state index in [-0.39, 0.29) is 17.1 Å². The standard InChI is InChI=1S/C15H19N5O5/c1-4-25-14(21)10-7-20(9-19-10)6-5-16-13-12(23-2)11(15(22)24-3)17-8-18-13/h7-9H,4-6H2,1-3H3,(H,16,17,18). The third-order valence-electron chi connectivity index (χ3n) is 3.17. The molecule has 0 radical (unpaired) electrons. The van der Waals surface area contributed by atoms with Crippen LogP contribution in [0.3, 0.4) is 0 Å². The van der Waals surface area contributed by atoms with Gasteiger partial charge in [0.2, 0.25) is 0 Å². The molecular formula is C15H19N5O5. The van der Waals surface area contributed by atoms with Gasteiger partial charge in [-0.05, 0) is 6.92 Å². The summed E-state index contributed by atoms with van der Waals surface area (Å²) in [6.45, 7) is 2.99. The fourth-order valence-electron chi connectivity index (χ4n) is 2.03. The molecule has 0 unspecified atom stereocenters. The molecule has 0 aromatic carbocycles. The molecule has 0 fully saturated rings. The molecule has 2 aromatic rings. The minimum atomic E-state index is -0.615. The zero-order chi connectivity index (χ0) is 18.2. The van der Waals surface area contributed by atoms with Crippen molar-refractivity contribution < 1.29 is 23.8 Å². The number of methoxy groups -OCH3 is 2. The van der Waals surface area contributed by atoms with Crippen LogP contribution in [0.5, 0.6) is 5.75 Å². The highest BCUT2D eigenvalue weighted by Gasteiger charge is 2.19. The molecule has 0 saturated heterocycles. The molecule has 2 rings (SSSR count). The predicted molar refractivity (Wildman–Crippen MR) is 86.6 cm³/mol. The highest BCUT2D eigenvalue weighted by Crippen LogP contribution is 2.24. The molecular weight excluding hydrogens is 330 g/mol. The van der Waals surface area contributed by atoms with Gasteiger partial charge in [-0.15, -0.1) is 0 Å². The van der Waals surface area contributed by atoms with Gasteiger partial charge >= 0.3 is 11.9 Å². The van der Waals surface area contributed by atoms with E-state index in [2.05, 4.69) is 25.0 Å². The molecule has 0 atom stereocenters. The van der Waals surface area contributed by atoms with Gasteiger partial charge in [-0.1, -0.05) is 0 Å². The number of rotatable bonds is 8. The van der Waals surface area contributed by atoms with Gasteiger partial charge in [0, 0.05) is 19.3 Å². The number of hydrogen-bond acceptors (Lipinski definition) is 9. The third-order valence-corrected chi connectivity index (χ3v) is 3.17. The lowest BCUT2D eigenvalue weighted by Crippen LogP contribution is -2.14. The van der Waals surface area contributed by atoms with Crippen LogP contribution in [0.1, 0.15) is 27.9 Å². The van der Waals surface area contributed by atoms with Gasteiger partial charge in [0.05, 0.1) is 27.2 Å². The number of nitrogens with one attached hydrogen (secondary N) is 1. The van der Waals surface area contributed by atoms with Crippen molar-refractivity contribution in [1.82, 2.24) is 19.5 Å². The average molecular weight is 349 g/mol. The van der Waals surface area contributed by atoms with Gasteiger partial charge in [0.15, 0.2) is 23.0 Å². The molecule has 0 aliphatic heterocycles. The van der Waals surface area contributed by atoms with E-state index in [1.807, 2.05) is 0 Å². The number of carbonyl (C=O) groups is 2. The predicted octanol–water partition coefficient (Wildman–Crippen LogP) is 0.757. The summed E-state index contributed by atoms with van der Waals surface area (Å²) in [6, 6.07) is 0. The van der Waals surface area contributed by atoms with Gasteiger partial charge in [-0.25, -0.2) is 24.5 Å². The summed E-state index contributed by atoms with van der Waals surface area (Å²) in [5.41, 5.74) is 0.282. The molecule has 25 heavy (non-hydrogen) atoms. The van der Waals surface area contributed by atoms with E-state index in [0.29, 0.717) is 25.5 Å². The zero-order valence-electron chi connectivity index (χ0n) is 14.2. The van der Waals surface area contributed by atoms with Crippen LogP contribution < -0.4 is 10.1 Å². The first-order valence-electron chi connectivity index (χ1n) is 7.50. The van der Waals surface area contributed by atoms with Crippen LogP contribution in [-0.4, -0.2) is 58.8 Å². The molecule has 1 N–H and O–H groups in total. The van der Waals surface area contributed by atoms with E-state index in [1.165, 1.54) is 26.9 Å². The molecule has 10 nitrogen and oxygen atoms in total. The Morgan fingerprint density at radius 1 is 1.20 bits per heavy atom. The summed E-state index contributed by atoms with van der Waals surface area (Å²) < 4.78 is 16.5. The monoisotopic (exact) mass is 349 g/mol. The molecule has 0 spiro atoms. The van der Waals surface area contributed by atoms with Gasteiger partial charge in [0.1, 0.15) is 6.33 Å². The number of hydrogen-bond donors (Lipinski definition) is 1. The molecule has 0 saturated carbocycles. The number of esters is 2. The SMILES string of the molecule is CCOC(=O)c1cn(CCNc2ncnc(C(=O)OC)c2OC)cn1. The Morgan fingerprint density at radius 2 is 2.00 bits per heavy atom. The fourth-order valence-corrected chi connectivity index (χ4v) is 2.03. The van der Waals surface area contributed by atoms with Crippen molar-refractivity contribution in [2.45, 2.75) is 13.5 Å². The molecule has 10 heteroatoms. The first kappa shape index (κ1) is 18.2.